The van der Waals surface area contributed by atoms with Gasteiger partial charge in [-0.3, -0.25) is 4.40 Å². The maximum absolute atomic E-state index is 15.3. The van der Waals surface area contributed by atoms with E-state index in [0.29, 0.717) is 16.1 Å². The molecule has 0 bridgehead atoms. The Balaban J connectivity index is 1.37. The molecular formula is C36H19ClF2N2. The van der Waals surface area contributed by atoms with Crippen molar-refractivity contribution in [2.75, 3.05) is 0 Å². The number of hydrogen-bond donors (Lipinski definition) is 0. The second-order valence-electron chi connectivity index (χ2n) is 10.7. The van der Waals surface area contributed by atoms with E-state index >= 15 is 8.78 Å². The molecule has 6 aromatic carbocycles. The van der Waals surface area contributed by atoms with Gasteiger partial charge in [0.25, 0.3) is 5.92 Å². The van der Waals surface area contributed by atoms with Crippen molar-refractivity contribution in [1.29, 1.82) is 0 Å². The average molecular weight is 553 g/mol. The summed E-state index contributed by atoms with van der Waals surface area (Å²) in [5.41, 5.74) is 6.70. The average Bonchev–Trinajstić information content (AvgIpc) is 3.49. The Kier molecular flexibility index (Phi) is 4.42. The number of fused-ring (bicyclic) bond motifs is 13. The topological polar surface area (TPSA) is 17.3 Å². The van der Waals surface area contributed by atoms with Crippen molar-refractivity contribution in [2.45, 2.75) is 5.92 Å². The van der Waals surface area contributed by atoms with Crippen LogP contribution in [-0.4, -0.2) is 9.38 Å². The van der Waals surface area contributed by atoms with Gasteiger partial charge in [0.05, 0.1) is 16.6 Å². The van der Waals surface area contributed by atoms with Gasteiger partial charge in [0.2, 0.25) is 0 Å². The van der Waals surface area contributed by atoms with E-state index in [1.165, 1.54) is 17.5 Å². The lowest BCUT2D eigenvalue weighted by molar-refractivity contribution is 0.0480. The van der Waals surface area contributed by atoms with Crippen LogP contribution in [0.5, 0.6) is 0 Å². The highest BCUT2D eigenvalue weighted by atomic mass is 35.5. The number of alkyl halides is 2. The largest absolute Gasteiger partial charge is 0.299 e. The Hall–Kier alpha value is -4.80. The molecule has 0 amide bonds. The van der Waals surface area contributed by atoms with Gasteiger partial charge in [-0.15, -0.1) is 0 Å². The minimum atomic E-state index is -3.05. The van der Waals surface area contributed by atoms with Crippen molar-refractivity contribution in [3.05, 3.63) is 131 Å². The molecular weight excluding hydrogens is 534 g/mol. The molecule has 5 heteroatoms. The Morgan fingerprint density at radius 3 is 2.22 bits per heavy atom. The van der Waals surface area contributed by atoms with Crippen LogP contribution in [0.4, 0.5) is 8.78 Å². The van der Waals surface area contributed by atoms with Crippen LogP contribution in [0.2, 0.25) is 5.02 Å². The molecule has 1 aliphatic carbocycles. The second kappa shape index (κ2) is 7.90. The predicted octanol–water partition coefficient (Wildman–Crippen LogP) is 10.4. The lowest BCUT2D eigenvalue weighted by Crippen LogP contribution is -2.10. The highest BCUT2D eigenvalue weighted by Gasteiger charge is 2.44. The summed E-state index contributed by atoms with van der Waals surface area (Å²) in [5.74, 6) is -3.05. The fourth-order valence-corrected chi connectivity index (χ4v) is 6.85. The Bertz CT molecular complexity index is 2420. The zero-order chi connectivity index (χ0) is 27.5. The zero-order valence-electron chi connectivity index (χ0n) is 21.5. The first-order valence-electron chi connectivity index (χ1n) is 13.5. The van der Waals surface area contributed by atoms with Gasteiger partial charge >= 0.3 is 0 Å². The van der Waals surface area contributed by atoms with Crippen molar-refractivity contribution in [2.24, 2.45) is 0 Å². The monoisotopic (exact) mass is 552 g/mol. The van der Waals surface area contributed by atoms with E-state index in [1.54, 1.807) is 18.2 Å². The summed E-state index contributed by atoms with van der Waals surface area (Å²) in [6.07, 6.45) is 0. The number of nitrogens with zero attached hydrogens (tertiary/aromatic N) is 2. The van der Waals surface area contributed by atoms with E-state index in [1.807, 2.05) is 24.3 Å². The number of imidazole rings is 1. The normalized spacial score (nSPS) is 13.9. The SMILES string of the molecule is FC1(F)c2ccc(Cl)cc2-c2cc(-c3ccc4c5ccc6ccccc6c5c5nc6ccccc6n5c4c3)ccc21. The molecule has 2 nitrogen and oxygen atoms in total. The van der Waals surface area contributed by atoms with Crippen LogP contribution in [-0.2, 0) is 5.92 Å². The quantitative estimate of drug-likeness (QED) is 0.185. The van der Waals surface area contributed by atoms with E-state index in [2.05, 4.69) is 65.1 Å². The molecule has 0 aliphatic heterocycles. The Labute approximate surface area is 238 Å². The molecule has 0 atom stereocenters. The van der Waals surface area contributed by atoms with Gasteiger partial charge in [-0.1, -0.05) is 90.5 Å². The molecule has 8 aromatic rings. The second-order valence-corrected chi connectivity index (χ2v) is 11.2. The first-order chi connectivity index (χ1) is 20.0. The van der Waals surface area contributed by atoms with Crippen LogP contribution in [0.1, 0.15) is 11.1 Å². The number of rotatable bonds is 1. The molecule has 0 N–H and O–H groups in total. The summed E-state index contributed by atoms with van der Waals surface area (Å²) >= 11 is 6.23. The molecule has 0 fully saturated rings. The van der Waals surface area contributed by atoms with Gasteiger partial charge in [0.15, 0.2) is 0 Å². The van der Waals surface area contributed by atoms with Gasteiger partial charge < -0.3 is 0 Å². The Morgan fingerprint density at radius 2 is 1.32 bits per heavy atom. The third-order valence-corrected chi connectivity index (χ3v) is 8.78. The summed E-state index contributed by atoms with van der Waals surface area (Å²) in [6.45, 7) is 0. The van der Waals surface area contributed by atoms with Crippen molar-refractivity contribution in [1.82, 2.24) is 9.38 Å². The van der Waals surface area contributed by atoms with Gasteiger partial charge in [0, 0.05) is 26.9 Å². The van der Waals surface area contributed by atoms with Crippen molar-refractivity contribution >= 4 is 60.7 Å². The lowest BCUT2D eigenvalue weighted by atomic mass is 9.95. The van der Waals surface area contributed by atoms with E-state index in [0.717, 1.165) is 54.9 Å². The minimum Gasteiger partial charge on any atom is -0.292 e. The van der Waals surface area contributed by atoms with E-state index in [-0.39, 0.29) is 11.1 Å². The van der Waals surface area contributed by atoms with Crippen LogP contribution in [0.3, 0.4) is 0 Å². The zero-order valence-corrected chi connectivity index (χ0v) is 22.3. The van der Waals surface area contributed by atoms with E-state index in [4.69, 9.17) is 16.6 Å². The van der Waals surface area contributed by atoms with Gasteiger partial charge in [-0.25, -0.2) is 4.98 Å². The molecule has 9 rings (SSSR count). The highest BCUT2D eigenvalue weighted by molar-refractivity contribution is 6.31. The Morgan fingerprint density at radius 1 is 0.610 bits per heavy atom. The maximum Gasteiger partial charge on any atom is 0.299 e. The van der Waals surface area contributed by atoms with Crippen molar-refractivity contribution < 1.29 is 8.78 Å². The summed E-state index contributed by atoms with van der Waals surface area (Å²) < 4.78 is 32.8. The first-order valence-corrected chi connectivity index (χ1v) is 13.8. The summed E-state index contributed by atoms with van der Waals surface area (Å²) in [4.78, 5) is 5.11. The van der Waals surface area contributed by atoms with Crippen LogP contribution in [0.15, 0.2) is 115 Å². The minimum absolute atomic E-state index is 0.00199. The van der Waals surface area contributed by atoms with Crippen LogP contribution in [0, 0.1) is 0 Å². The van der Waals surface area contributed by atoms with E-state index in [9.17, 15) is 0 Å². The third-order valence-electron chi connectivity index (χ3n) is 8.54. The standard InChI is InChI=1S/C36H19ClF2N2/c37-23-12-16-30-28(19-23)27-17-21(11-15-29(27)36(30,38)39)22-10-13-25-26-14-9-20-5-1-2-6-24(20)34(26)35-40-31-7-3-4-8-32(31)41(35)33(25)18-22/h1-19H. The molecule has 41 heavy (non-hydrogen) atoms. The molecule has 0 spiro atoms. The number of pyridine rings is 1. The van der Waals surface area contributed by atoms with Crippen molar-refractivity contribution in [3.63, 3.8) is 0 Å². The van der Waals surface area contributed by atoms with Crippen LogP contribution >= 0.6 is 11.6 Å². The number of aromatic nitrogens is 2. The maximum atomic E-state index is 15.3. The van der Waals surface area contributed by atoms with Crippen LogP contribution in [0.25, 0.3) is 71.4 Å². The highest BCUT2D eigenvalue weighted by Crippen LogP contribution is 2.52. The first kappa shape index (κ1) is 23.0. The summed E-state index contributed by atoms with van der Waals surface area (Å²) in [5, 5.41) is 6.12. The number of para-hydroxylation sites is 2. The molecule has 0 saturated carbocycles. The fraction of sp³-hybridized carbons (Fsp3) is 0.0278. The number of hydrogen-bond acceptors (Lipinski definition) is 1. The number of halogens is 3. The molecule has 194 valence electrons. The van der Waals surface area contributed by atoms with Crippen LogP contribution < -0.4 is 0 Å². The van der Waals surface area contributed by atoms with Gasteiger partial charge in [-0.2, -0.15) is 8.78 Å². The molecule has 0 unspecified atom stereocenters. The van der Waals surface area contributed by atoms with Crippen molar-refractivity contribution in [3.8, 4) is 22.3 Å². The number of benzene rings is 6. The third kappa shape index (κ3) is 3.03. The molecule has 0 saturated heterocycles. The van der Waals surface area contributed by atoms with Gasteiger partial charge in [0.1, 0.15) is 5.65 Å². The lowest BCUT2D eigenvalue weighted by Gasteiger charge is -2.14. The molecule has 1 aliphatic rings. The summed E-state index contributed by atoms with van der Waals surface area (Å²) in [7, 11) is 0. The predicted molar refractivity (Wildman–Crippen MR) is 164 cm³/mol. The summed E-state index contributed by atoms with van der Waals surface area (Å²) in [6, 6.07) is 37.1. The molecule has 0 radical (unpaired) electrons. The van der Waals surface area contributed by atoms with Gasteiger partial charge in [-0.05, 0) is 74.8 Å². The molecule has 2 heterocycles. The molecule has 2 aromatic heterocycles. The van der Waals surface area contributed by atoms with E-state index < -0.39 is 5.92 Å². The fourth-order valence-electron chi connectivity index (χ4n) is 6.68. The smallest absolute Gasteiger partial charge is 0.292 e.